The first-order chi connectivity index (χ1) is 13.5. The van der Waals surface area contributed by atoms with Crippen molar-refractivity contribution in [2.45, 2.75) is 4.90 Å². The molecule has 0 spiro atoms. The van der Waals surface area contributed by atoms with Gasteiger partial charge in [-0.1, -0.05) is 18.2 Å². The van der Waals surface area contributed by atoms with Gasteiger partial charge >= 0.3 is 0 Å². The number of fused-ring (bicyclic) bond motifs is 1. The lowest BCUT2D eigenvalue weighted by molar-refractivity contribution is 0.171. The van der Waals surface area contributed by atoms with Gasteiger partial charge in [-0.3, -0.25) is 4.31 Å². The standard InChI is InChI=1S/C21H19NO5S/c1-22(16-7-9-18(10-8-16)27-17-5-3-2-4-6-17)28(23,24)19-11-12-20-21(15-19)26-14-13-25-20/h2-12,15H,13-14H2,1H3. The van der Waals surface area contributed by atoms with E-state index in [1.165, 1.54) is 23.5 Å². The normalized spacial score (nSPS) is 13.0. The first-order valence-electron chi connectivity index (χ1n) is 8.75. The van der Waals surface area contributed by atoms with Crippen LogP contribution in [-0.4, -0.2) is 28.7 Å². The highest BCUT2D eigenvalue weighted by Gasteiger charge is 2.24. The Morgan fingerprint density at radius 1 is 0.821 bits per heavy atom. The Labute approximate surface area is 163 Å². The van der Waals surface area contributed by atoms with Gasteiger partial charge < -0.3 is 14.2 Å². The molecule has 7 heteroatoms. The van der Waals surface area contributed by atoms with E-state index in [0.717, 1.165) is 0 Å². The molecule has 6 nitrogen and oxygen atoms in total. The van der Waals surface area contributed by atoms with Crippen LogP contribution < -0.4 is 18.5 Å². The van der Waals surface area contributed by atoms with Crippen LogP contribution in [0, 0.1) is 0 Å². The molecule has 0 radical (unpaired) electrons. The van der Waals surface area contributed by atoms with E-state index < -0.39 is 10.0 Å². The Hall–Kier alpha value is -3.19. The van der Waals surface area contributed by atoms with Crippen LogP contribution in [0.15, 0.2) is 77.7 Å². The van der Waals surface area contributed by atoms with Gasteiger partial charge in [-0.2, -0.15) is 0 Å². The van der Waals surface area contributed by atoms with Crippen LogP contribution in [0.1, 0.15) is 0 Å². The highest BCUT2D eigenvalue weighted by molar-refractivity contribution is 7.92. The maximum atomic E-state index is 13.0. The lowest BCUT2D eigenvalue weighted by Crippen LogP contribution is -2.26. The highest BCUT2D eigenvalue weighted by atomic mass is 32.2. The minimum absolute atomic E-state index is 0.142. The van der Waals surface area contributed by atoms with E-state index in [-0.39, 0.29) is 4.90 Å². The first-order valence-corrected chi connectivity index (χ1v) is 10.2. The number of benzene rings is 3. The van der Waals surface area contributed by atoms with Crippen LogP contribution in [0.2, 0.25) is 0 Å². The predicted octanol–water partition coefficient (Wildman–Crippen LogP) is 4.08. The van der Waals surface area contributed by atoms with Crippen molar-refractivity contribution in [1.82, 2.24) is 0 Å². The molecule has 0 atom stereocenters. The van der Waals surface area contributed by atoms with Gasteiger partial charge in [-0.25, -0.2) is 8.42 Å². The van der Waals surface area contributed by atoms with Crippen LogP contribution in [0.25, 0.3) is 0 Å². The molecule has 0 N–H and O–H groups in total. The van der Waals surface area contributed by atoms with Gasteiger partial charge in [0, 0.05) is 13.1 Å². The van der Waals surface area contributed by atoms with Gasteiger partial charge in [0.2, 0.25) is 0 Å². The second-order valence-corrected chi connectivity index (χ2v) is 8.16. The van der Waals surface area contributed by atoms with Crippen molar-refractivity contribution < 1.29 is 22.6 Å². The molecule has 1 heterocycles. The average molecular weight is 397 g/mol. The number of nitrogens with zero attached hydrogens (tertiary/aromatic N) is 1. The summed E-state index contributed by atoms with van der Waals surface area (Å²) in [4.78, 5) is 0.142. The Morgan fingerprint density at radius 3 is 2.18 bits per heavy atom. The van der Waals surface area contributed by atoms with Crippen LogP contribution in [0.4, 0.5) is 5.69 Å². The zero-order chi connectivity index (χ0) is 19.6. The van der Waals surface area contributed by atoms with Gasteiger partial charge in [0.1, 0.15) is 24.7 Å². The van der Waals surface area contributed by atoms with Crippen LogP contribution >= 0.6 is 0 Å². The minimum atomic E-state index is -3.74. The first kappa shape index (κ1) is 18.2. The van der Waals surface area contributed by atoms with Crippen molar-refractivity contribution in [3.8, 4) is 23.0 Å². The Bertz CT molecular complexity index is 1070. The van der Waals surface area contributed by atoms with E-state index in [1.807, 2.05) is 30.3 Å². The van der Waals surface area contributed by atoms with Crippen molar-refractivity contribution >= 4 is 15.7 Å². The number of ether oxygens (including phenoxy) is 3. The molecule has 144 valence electrons. The van der Waals surface area contributed by atoms with E-state index in [0.29, 0.717) is 41.9 Å². The molecule has 28 heavy (non-hydrogen) atoms. The number of rotatable bonds is 5. The summed E-state index contributed by atoms with van der Waals surface area (Å²) in [6.45, 7) is 0.853. The Kier molecular flexibility index (Phi) is 4.83. The molecule has 0 aliphatic carbocycles. The molecular formula is C21H19NO5S. The molecule has 0 fully saturated rings. The molecule has 1 aliphatic heterocycles. The maximum Gasteiger partial charge on any atom is 0.264 e. The summed E-state index contributed by atoms with van der Waals surface area (Å²) >= 11 is 0. The maximum absolute atomic E-state index is 13.0. The monoisotopic (exact) mass is 397 g/mol. The van der Waals surface area contributed by atoms with Gasteiger partial charge in [0.05, 0.1) is 10.6 Å². The third-order valence-corrected chi connectivity index (χ3v) is 6.13. The van der Waals surface area contributed by atoms with Crippen molar-refractivity contribution in [3.05, 3.63) is 72.8 Å². The van der Waals surface area contributed by atoms with Crippen molar-refractivity contribution in [1.29, 1.82) is 0 Å². The van der Waals surface area contributed by atoms with Crippen molar-refractivity contribution in [2.75, 3.05) is 24.6 Å². The molecule has 4 rings (SSSR count). The fourth-order valence-electron chi connectivity index (χ4n) is 2.83. The van der Waals surface area contributed by atoms with Crippen molar-refractivity contribution in [2.24, 2.45) is 0 Å². The van der Waals surface area contributed by atoms with E-state index in [4.69, 9.17) is 14.2 Å². The highest BCUT2D eigenvalue weighted by Crippen LogP contribution is 2.34. The second kappa shape index (κ2) is 7.44. The molecule has 0 amide bonds. The lowest BCUT2D eigenvalue weighted by Gasteiger charge is -2.22. The number of sulfonamides is 1. The molecule has 3 aromatic rings. The summed E-state index contributed by atoms with van der Waals surface area (Å²) in [5, 5.41) is 0. The summed E-state index contributed by atoms with van der Waals surface area (Å²) in [5.41, 5.74) is 0.523. The number of hydrogen-bond acceptors (Lipinski definition) is 5. The van der Waals surface area contributed by atoms with Crippen LogP contribution in [0.3, 0.4) is 0 Å². The Balaban J connectivity index is 1.55. The van der Waals surface area contributed by atoms with Crippen LogP contribution in [-0.2, 0) is 10.0 Å². The third-order valence-electron chi connectivity index (χ3n) is 4.35. The molecule has 0 aromatic heterocycles. The van der Waals surface area contributed by atoms with Gasteiger partial charge in [-0.15, -0.1) is 0 Å². The summed E-state index contributed by atoms with van der Waals surface area (Å²) in [7, 11) is -2.23. The molecule has 0 bridgehead atoms. The SMILES string of the molecule is CN(c1ccc(Oc2ccccc2)cc1)S(=O)(=O)c1ccc2c(c1)OCCO2. The minimum Gasteiger partial charge on any atom is -0.486 e. The summed E-state index contributed by atoms with van der Waals surface area (Å²) in [5.74, 6) is 2.33. The largest absolute Gasteiger partial charge is 0.486 e. The van der Waals surface area contributed by atoms with Crippen molar-refractivity contribution in [3.63, 3.8) is 0 Å². The van der Waals surface area contributed by atoms with E-state index in [1.54, 1.807) is 30.3 Å². The Morgan fingerprint density at radius 2 is 1.46 bits per heavy atom. The summed E-state index contributed by atoms with van der Waals surface area (Å²) < 4.78 is 43.9. The summed E-state index contributed by atoms with van der Waals surface area (Å²) in [6, 6.07) is 20.9. The average Bonchev–Trinajstić information content (AvgIpc) is 2.74. The lowest BCUT2D eigenvalue weighted by atomic mass is 10.3. The molecule has 1 aliphatic rings. The van der Waals surface area contributed by atoms with E-state index in [2.05, 4.69) is 0 Å². The molecule has 3 aromatic carbocycles. The van der Waals surface area contributed by atoms with E-state index in [9.17, 15) is 8.42 Å². The van der Waals surface area contributed by atoms with Gasteiger partial charge in [-0.05, 0) is 48.5 Å². The second-order valence-electron chi connectivity index (χ2n) is 6.19. The van der Waals surface area contributed by atoms with Crippen LogP contribution in [0.5, 0.6) is 23.0 Å². The van der Waals surface area contributed by atoms with E-state index >= 15 is 0 Å². The predicted molar refractivity (Wildman–Crippen MR) is 106 cm³/mol. The third kappa shape index (κ3) is 3.61. The number of para-hydroxylation sites is 1. The fourth-order valence-corrected chi connectivity index (χ4v) is 4.04. The smallest absolute Gasteiger partial charge is 0.264 e. The number of hydrogen-bond donors (Lipinski definition) is 0. The number of anilines is 1. The summed E-state index contributed by atoms with van der Waals surface area (Å²) in [6.07, 6.45) is 0. The molecular weight excluding hydrogens is 378 g/mol. The zero-order valence-corrected chi connectivity index (χ0v) is 16.1. The molecule has 0 saturated carbocycles. The topological polar surface area (TPSA) is 65.1 Å². The molecule has 0 unspecified atom stereocenters. The molecule has 0 saturated heterocycles. The van der Waals surface area contributed by atoms with Gasteiger partial charge in [0.25, 0.3) is 10.0 Å². The zero-order valence-electron chi connectivity index (χ0n) is 15.2. The quantitative estimate of drug-likeness (QED) is 0.649. The van der Waals surface area contributed by atoms with Gasteiger partial charge in [0.15, 0.2) is 11.5 Å². The fraction of sp³-hybridized carbons (Fsp3) is 0.143.